The Balaban J connectivity index is 2.20. The summed E-state index contributed by atoms with van der Waals surface area (Å²) in [5, 5.41) is 3.36. The van der Waals surface area contributed by atoms with Crippen molar-refractivity contribution in [1.29, 1.82) is 0 Å². The summed E-state index contributed by atoms with van der Waals surface area (Å²) < 4.78 is 0. The molecule has 0 unspecified atom stereocenters. The third-order valence-electron chi connectivity index (χ3n) is 5.17. The van der Waals surface area contributed by atoms with Crippen LogP contribution in [0.25, 0.3) is 0 Å². The second-order valence-corrected chi connectivity index (χ2v) is 24.9. The van der Waals surface area contributed by atoms with Gasteiger partial charge in [0.2, 0.25) is 0 Å². The van der Waals surface area contributed by atoms with Gasteiger partial charge in [-0.1, -0.05) is 114 Å². The smallest absolute Gasteiger partial charge is 0.0697 e. The van der Waals surface area contributed by atoms with Gasteiger partial charge in [0.05, 0.1) is 0 Å². The second-order valence-electron chi connectivity index (χ2n) is 8.67. The van der Waals surface area contributed by atoms with Crippen molar-refractivity contribution in [2.75, 3.05) is 0 Å². The van der Waals surface area contributed by atoms with Crippen LogP contribution in [0.3, 0.4) is 0 Å². The highest BCUT2D eigenvalue weighted by molar-refractivity contribution is 7.21. The zero-order valence-corrected chi connectivity index (χ0v) is 17.4. The molecule has 0 amide bonds. The van der Waals surface area contributed by atoms with Crippen LogP contribution < -0.4 is 10.4 Å². The Bertz CT molecular complexity index is 575. The first-order chi connectivity index (χ1) is 10.3. The van der Waals surface area contributed by atoms with E-state index in [-0.39, 0.29) is 0 Å². The lowest BCUT2D eigenvalue weighted by Gasteiger charge is -2.50. The summed E-state index contributed by atoms with van der Waals surface area (Å²) in [4.78, 5) is 0. The number of hydrogen-bond acceptors (Lipinski definition) is 0. The Kier molecular flexibility index (Phi) is 4.08. The molecule has 0 bridgehead atoms. The van der Waals surface area contributed by atoms with Crippen LogP contribution in [0.4, 0.5) is 0 Å². The van der Waals surface area contributed by atoms with Gasteiger partial charge in [0.15, 0.2) is 0 Å². The lowest BCUT2D eigenvalue weighted by Crippen LogP contribution is -2.69. The van der Waals surface area contributed by atoms with Gasteiger partial charge in [0.1, 0.15) is 8.07 Å². The zero-order valence-electron chi connectivity index (χ0n) is 14.4. The number of hydrogen-bond donors (Lipinski definition) is 0. The van der Waals surface area contributed by atoms with Gasteiger partial charge in [-0.15, -0.1) is 0 Å². The molecule has 1 fully saturated rings. The van der Waals surface area contributed by atoms with Gasteiger partial charge in [0.25, 0.3) is 0 Å². The summed E-state index contributed by atoms with van der Waals surface area (Å²) in [5.74, 6) is 0. The first-order valence-corrected chi connectivity index (χ1v) is 17.7. The molecule has 0 N–H and O–H groups in total. The van der Waals surface area contributed by atoms with Gasteiger partial charge >= 0.3 is 0 Å². The van der Waals surface area contributed by atoms with E-state index in [0.29, 0.717) is 0 Å². The molecule has 1 heterocycles. The highest BCUT2D eigenvalue weighted by Gasteiger charge is 2.52. The maximum absolute atomic E-state index is 2.65. The van der Waals surface area contributed by atoms with Gasteiger partial charge in [-0.05, 0) is 0 Å². The molecule has 0 radical (unpaired) electrons. The fraction of sp³-hybridized carbons (Fsp3) is 0.368. The van der Waals surface area contributed by atoms with Crippen LogP contribution in [0.2, 0.25) is 43.2 Å². The molecular weight excluding hydrogens is 312 g/mol. The number of benzene rings is 2. The van der Waals surface area contributed by atoms with E-state index in [9.17, 15) is 0 Å². The maximum atomic E-state index is 2.65. The molecule has 1 saturated heterocycles. The van der Waals surface area contributed by atoms with E-state index in [0.717, 1.165) is 0 Å². The van der Waals surface area contributed by atoms with E-state index >= 15 is 0 Å². The van der Waals surface area contributed by atoms with Crippen molar-refractivity contribution in [3.8, 4) is 0 Å². The standard InChI is InChI=1S/C19H28Si3/c1-20(2)15-21(3,4)17-22(16-20,18-11-7-5-8-12-18)19-13-9-6-10-14-19/h5-14H,15-17H2,1-4H3. The van der Waals surface area contributed by atoms with Crippen molar-refractivity contribution in [1.82, 2.24) is 0 Å². The van der Waals surface area contributed by atoms with E-state index in [4.69, 9.17) is 0 Å². The van der Waals surface area contributed by atoms with Crippen LogP contribution >= 0.6 is 0 Å². The Hall–Kier alpha value is -0.909. The third-order valence-corrected chi connectivity index (χ3v) is 28.2. The molecule has 2 aromatic carbocycles. The van der Waals surface area contributed by atoms with Gasteiger partial charge in [-0.3, -0.25) is 0 Å². The molecule has 116 valence electrons. The molecule has 1 aliphatic heterocycles. The largest absolute Gasteiger partial charge is 0.113 e. The van der Waals surface area contributed by atoms with Gasteiger partial charge in [-0.2, -0.15) is 0 Å². The molecule has 0 saturated carbocycles. The van der Waals surface area contributed by atoms with Crippen LogP contribution in [0.5, 0.6) is 0 Å². The third kappa shape index (κ3) is 3.07. The molecule has 0 nitrogen and oxygen atoms in total. The van der Waals surface area contributed by atoms with E-state index in [1.54, 1.807) is 16.0 Å². The van der Waals surface area contributed by atoms with Gasteiger partial charge < -0.3 is 0 Å². The highest BCUT2D eigenvalue weighted by Crippen LogP contribution is 2.39. The van der Waals surface area contributed by atoms with Crippen LogP contribution in [0.15, 0.2) is 60.7 Å². The quantitative estimate of drug-likeness (QED) is 0.715. The fourth-order valence-corrected chi connectivity index (χ4v) is 38.8. The molecule has 0 spiro atoms. The van der Waals surface area contributed by atoms with Crippen LogP contribution in [0.1, 0.15) is 0 Å². The Morgan fingerprint density at radius 1 is 0.545 bits per heavy atom. The summed E-state index contributed by atoms with van der Waals surface area (Å²) in [6.45, 7) is 10.6. The van der Waals surface area contributed by atoms with Crippen molar-refractivity contribution >= 4 is 34.6 Å². The van der Waals surface area contributed by atoms with Gasteiger partial charge in [-0.25, -0.2) is 0 Å². The van der Waals surface area contributed by atoms with Crippen molar-refractivity contribution < 1.29 is 0 Å². The maximum Gasteiger partial charge on any atom is 0.113 e. The molecule has 0 atom stereocenters. The second kappa shape index (κ2) is 5.62. The van der Waals surface area contributed by atoms with E-state index in [2.05, 4.69) is 86.9 Å². The summed E-state index contributed by atoms with van der Waals surface area (Å²) in [6, 6.07) is 23.1. The average molecular weight is 341 g/mol. The highest BCUT2D eigenvalue weighted by atomic mass is 28.5. The normalized spacial score (nSPS) is 22.2. The van der Waals surface area contributed by atoms with E-state index in [1.165, 1.54) is 11.3 Å². The monoisotopic (exact) mass is 340 g/mol. The number of rotatable bonds is 2. The van der Waals surface area contributed by atoms with Crippen molar-refractivity contribution in [2.24, 2.45) is 0 Å². The van der Waals surface area contributed by atoms with Crippen LogP contribution in [0, 0.1) is 0 Å². The molecule has 3 rings (SSSR count). The first-order valence-electron chi connectivity index (χ1n) is 8.44. The Morgan fingerprint density at radius 2 is 0.909 bits per heavy atom. The van der Waals surface area contributed by atoms with E-state index < -0.39 is 24.2 Å². The molecule has 2 aromatic rings. The average Bonchev–Trinajstić information content (AvgIpc) is 2.46. The summed E-state index contributed by atoms with van der Waals surface area (Å²) in [5.41, 5.74) is 4.67. The predicted molar refractivity (Wildman–Crippen MR) is 107 cm³/mol. The van der Waals surface area contributed by atoms with Crippen LogP contribution in [-0.2, 0) is 0 Å². The minimum absolute atomic E-state index is 1.10. The van der Waals surface area contributed by atoms with Crippen molar-refractivity contribution in [2.45, 2.75) is 43.2 Å². The molecule has 0 aliphatic carbocycles. The van der Waals surface area contributed by atoms with Crippen molar-refractivity contribution in [3.05, 3.63) is 60.7 Å². The minimum Gasteiger partial charge on any atom is -0.0697 e. The Labute approximate surface area is 138 Å². The lowest BCUT2D eigenvalue weighted by atomic mass is 10.4. The molecule has 1 aliphatic rings. The van der Waals surface area contributed by atoms with Crippen LogP contribution in [-0.4, -0.2) is 24.2 Å². The summed E-state index contributed by atoms with van der Waals surface area (Å²) in [7, 11) is -3.79. The van der Waals surface area contributed by atoms with Gasteiger partial charge in [0, 0.05) is 16.1 Å². The molecule has 3 heteroatoms. The summed E-state index contributed by atoms with van der Waals surface area (Å²) in [6.07, 6.45) is 0. The minimum atomic E-state index is -1.58. The molecular formula is C19H28Si3. The molecule has 22 heavy (non-hydrogen) atoms. The predicted octanol–water partition coefficient (Wildman–Crippen LogP) is 4.30. The molecule has 0 aromatic heterocycles. The zero-order chi connectivity index (χ0) is 15.8. The Morgan fingerprint density at radius 3 is 1.27 bits per heavy atom. The van der Waals surface area contributed by atoms with E-state index in [1.807, 2.05) is 0 Å². The fourth-order valence-electron chi connectivity index (χ4n) is 5.21. The van der Waals surface area contributed by atoms with Crippen molar-refractivity contribution in [3.63, 3.8) is 0 Å². The summed E-state index contributed by atoms with van der Waals surface area (Å²) >= 11 is 0. The SMILES string of the molecule is C[Si]1(C)C[Si](C)(C)C[Si](c2ccccc2)(c2ccccc2)C1. The topological polar surface area (TPSA) is 0 Å². The lowest BCUT2D eigenvalue weighted by molar-refractivity contribution is 1.36. The first kappa shape index (κ1) is 16.0.